The Morgan fingerprint density at radius 3 is 2.05 bits per heavy atom. The number of rotatable bonds is 2. The van der Waals surface area contributed by atoms with E-state index in [4.69, 9.17) is 0 Å². The van der Waals surface area contributed by atoms with Crippen LogP contribution in [-0.4, -0.2) is 30.4 Å². The quantitative estimate of drug-likeness (QED) is 0.840. The number of carbonyl (C=O) groups excluding carboxylic acids is 1. The number of para-hydroxylation sites is 2. The molecule has 4 heteroatoms. The summed E-state index contributed by atoms with van der Waals surface area (Å²) in [5.41, 5.74) is 2.28. The molecule has 1 amide bonds. The predicted molar refractivity (Wildman–Crippen MR) is 89.8 cm³/mol. The van der Waals surface area contributed by atoms with Crippen LogP contribution in [0.25, 0.3) is 0 Å². The van der Waals surface area contributed by atoms with Crippen molar-refractivity contribution in [3.63, 3.8) is 0 Å². The first-order chi connectivity index (χ1) is 10.8. The van der Waals surface area contributed by atoms with Crippen LogP contribution in [0.15, 0.2) is 58.3 Å². The fraction of sp³-hybridized carbons (Fsp3) is 0.278. The summed E-state index contributed by atoms with van der Waals surface area (Å²) in [6.07, 6.45) is 2.27. The largest absolute Gasteiger partial charge is 0.341 e. The lowest BCUT2D eigenvalue weighted by Crippen LogP contribution is -2.37. The molecule has 2 aromatic carbocycles. The van der Waals surface area contributed by atoms with Crippen LogP contribution in [0.2, 0.25) is 0 Å². The second kappa shape index (κ2) is 5.69. The van der Waals surface area contributed by atoms with Gasteiger partial charge in [0.15, 0.2) is 0 Å². The van der Waals surface area contributed by atoms with Gasteiger partial charge in [0.2, 0.25) is 5.91 Å². The average Bonchev–Trinajstić information content (AvgIpc) is 3.09. The molecule has 0 unspecified atom stereocenters. The third kappa shape index (κ3) is 2.37. The van der Waals surface area contributed by atoms with Crippen molar-refractivity contribution in [3.8, 4) is 0 Å². The van der Waals surface area contributed by atoms with Crippen molar-refractivity contribution < 1.29 is 4.79 Å². The maximum absolute atomic E-state index is 12.6. The van der Waals surface area contributed by atoms with Crippen molar-refractivity contribution in [1.82, 2.24) is 4.90 Å². The van der Waals surface area contributed by atoms with E-state index < -0.39 is 0 Å². The van der Waals surface area contributed by atoms with Crippen molar-refractivity contribution >= 4 is 29.0 Å². The highest BCUT2D eigenvalue weighted by Gasteiger charge is 2.27. The normalized spacial score (nSPS) is 16.4. The van der Waals surface area contributed by atoms with E-state index in [0.29, 0.717) is 6.54 Å². The van der Waals surface area contributed by atoms with E-state index in [2.05, 4.69) is 41.3 Å². The van der Waals surface area contributed by atoms with Gasteiger partial charge in [0.25, 0.3) is 0 Å². The van der Waals surface area contributed by atoms with Gasteiger partial charge < -0.3 is 9.80 Å². The molecule has 0 spiro atoms. The summed E-state index contributed by atoms with van der Waals surface area (Å²) in [6, 6.07) is 16.7. The minimum absolute atomic E-state index is 0.231. The van der Waals surface area contributed by atoms with Crippen LogP contribution in [0.4, 0.5) is 11.4 Å². The zero-order valence-corrected chi connectivity index (χ0v) is 13.2. The Labute approximate surface area is 134 Å². The fourth-order valence-corrected chi connectivity index (χ4v) is 4.25. The van der Waals surface area contributed by atoms with E-state index in [9.17, 15) is 4.79 Å². The number of hydrogen-bond acceptors (Lipinski definition) is 3. The third-order valence-electron chi connectivity index (χ3n) is 4.28. The van der Waals surface area contributed by atoms with Gasteiger partial charge in [-0.3, -0.25) is 4.79 Å². The van der Waals surface area contributed by atoms with Gasteiger partial charge in [-0.05, 0) is 37.1 Å². The minimum Gasteiger partial charge on any atom is -0.341 e. The zero-order chi connectivity index (χ0) is 14.9. The monoisotopic (exact) mass is 310 g/mol. The fourth-order valence-electron chi connectivity index (χ4n) is 3.15. The lowest BCUT2D eigenvalue weighted by molar-refractivity contribution is -0.128. The number of anilines is 2. The summed E-state index contributed by atoms with van der Waals surface area (Å²) in [5, 5.41) is 0. The van der Waals surface area contributed by atoms with Crippen molar-refractivity contribution in [2.45, 2.75) is 22.6 Å². The van der Waals surface area contributed by atoms with Crippen molar-refractivity contribution in [3.05, 3.63) is 48.5 Å². The van der Waals surface area contributed by atoms with Gasteiger partial charge >= 0.3 is 0 Å². The van der Waals surface area contributed by atoms with Crippen LogP contribution in [0.1, 0.15) is 12.8 Å². The molecule has 0 aliphatic carbocycles. The number of fused-ring (bicyclic) bond motifs is 2. The lowest BCUT2D eigenvalue weighted by Gasteiger charge is -2.33. The summed E-state index contributed by atoms with van der Waals surface area (Å²) in [6.45, 7) is 2.24. The lowest BCUT2D eigenvalue weighted by atomic mass is 10.2. The van der Waals surface area contributed by atoms with Gasteiger partial charge in [-0.25, -0.2) is 0 Å². The highest BCUT2D eigenvalue weighted by molar-refractivity contribution is 7.99. The maximum atomic E-state index is 12.6. The van der Waals surface area contributed by atoms with Gasteiger partial charge in [0, 0.05) is 22.9 Å². The number of nitrogens with zero attached hydrogens (tertiary/aromatic N) is 2. The van der Waals surface area contributed by atoms with Gasteiger partial charge in [-0.1, -0.05) is 36.0 Å². The third-order valence-corrected chi connectivity index (χ3v) is 5.41. The molecule has 4 rings (SSSR count). The first-order valence-electron chi connectivity index (χ1n) is 7.74. The van der Waals surface area contributed by atoms with Gasteiger partial charge in [0.05, 0.1) is 11.4 Å². The summed E-state index contributed by atoms with van der Waals surface area (Å²) in [4.78, 5) is 19.2. The van der Waals surface area contributed by atoms with E-state index >= 15 is 0 Å². The molecule has 0 saturated carbocycles. The predicted octanol–water partition coefficient (Wildman–Crippen LogP) is 3.91. The van der Waals surface area contributed by atoms with Crippen LogP contribution in [0.5, 0.6) is 0 Å². The first kappa shape index (κ1) is 13.7. The summed E-state index contributed by atoms with van der Waals surface area (Å²) < 4.78 is 0. The molecule has 2 aliphatic heterocycles. The summed E-state index contributed by atoms with van der Waals surface area (Å²) in [7, 11) is 0. The van der Waals surface area contributed by atoms with Crippen LogP contribution in [0, 0.1) is 0 Å². The Hall–Kier alpha value is -1.94. The number of benzene rings is 2. The van der Waals surface area contributed by atoms with Gasteiger partial charge in [-0.2, -0.15) is 0 Å². The molecule has 0 atom stereocenters. The smallest absolute Gasteiger partial charge is 0.242 e. The molecule has 0 bridgehead atoms. The molecule has 3 nitrogen and oxygen atoms in total. The van der Waals surface area contributed by atoms with Crippen LogP contribution in [-0.2, 0) is 4.79 Å². The van der Waals surface area contributed by atoms with E-state index in [1.165, 1.54) is 9.79 Å². The van der Waals surface area contributed by atoms with E-state index in [0.717, 1.165) is 37.3 Å². The molecular formula is C18H18N2OS. The highest BCUT2D eigenvalue weighted by atomic mass is 32.2. The zero-order valence-electron chi connectivity index (χ0n) is 12.4. The second-order valence-electron chi connectivity index (χ2n) is 5.71. The molecular weight excluding hydrogens is 292 g/mol. The molecule has 1 saturated heterocycles. The molecule has 112 valence electrons. The topological polar surface area (TPSA) is 23.6 Å². The Kier molecular flexibility index (Phi) is 3.54. The minimum atomic E-state index is 0.231. The molecule has 1 fully saturated rings. The highest BCUT2D eigenvalue weighted by Crippen LogP contribution is 2.47. The summed E-state index contributed by atoms with van der Waals surface area (Å²) in [5.74, 6) is 0.231. The number of hydrogen-bond donors (Lipinski definition) is 0. The van der Waals surface area contributed by atoms with Crippen molar-refractivity contribution in [1.29, 1.82) is 0 Å². The Balaban J connectivity index is 1.69. The van der Waals surface area contributed by atoms with Crippen molar-refractivity contribution in [2.24, 2.45) is 0 Å². The van der Waals surface area contributed by atoms with Crippen LogP contribution >= 0.6 is 11.8 Å². The van der Waals surface area contributed by atoms with E-state index in [1.54, 1.807) is 11.8 Å². The molecule has 2 aliphatic rings. The molecule has 0 N–H and O–H groups in total. The summed E-state index contributed by atoms with van der Waals surface area (Å²) >= 11 is 1.78. The number of amides is 1. The van der Waals surface area contributed by atoms with Crippen LogP contribution in [0.3, 0.4) is 0 Å². The number of carbonyl (C=O) groups is 1. The van der Waals surface area contributed by atoms with E-state index in [1.807, 2.05) is 17.0 Å². The SMILES string of the molecule is O=C(CN1c2ccccc2Sc2ccccc21)N1CCCC1. The Morgan fingerprint density at radius 1 is 0.909 bits per heavy atom. The standard InChI is InChI=1S/C18H18N2OS/c21-18(19-11-5-6-12-19)13-20-14-7-1-3-9-16(14)22-17-10-4-2-8-15(17)20/h1-4,7-10H,5-6,11-13H2. The average molecular weight is 310 g/mol. The molecule has 2 aromatic rings. The van der Waals surface area contributed by atoms with Crippen LogP contribution < -0.4 is 4.90 Å². The molecule has 2 heterocycles. The second-order valence-corrected chi connectivity index (χ2v) is 6.80. The Morgan fingerprint density at radius 2 is 1.45 bits per heavy atom. The molecule has 0 radical (unpaired) electrons. The molecule has 0 aromatic heterocycles. The maximum Gasteiger partial charge on any atom is 0.242 e. The Bertz CT molecular complexity index is 664. The first-order valence-corrected chi connectivity index (χ1v) is 8.56. The van der Waals surface area contributed by atoms with E-state index in [-0.39, 0.29) is 5.91 Å². The molecule has 22 heavy (non-hydrogen) atoms. The van der Waals surface area contributed by atoms with Gasteiger partial charge in [0.1, 0.15) is 6.54 Å². The van der Waals surface area contributed by atoms with Gasteiger partial charge in [-0.15, -0.1) is 0 Å². The number of likely N-dealkylation sites (tertiary alicyclic amines) is 1. The van der Waals surface area contributed by atoms with Crippen molar-refractivity contribution in [2.75, 3.05) is 24.5 Å².